The van der Waals surface area contributed by atoms with Crippen molar-refractivity contribution < 1.29 is 14.3 Å². The van der Waals surface area contributed by atoms with E-state index in [2.05, 4.69) is 21.2 Å². The number of hydrogen-bond donors (Lipinski definition) is 1. The van der Waals surface area contributed by atoms with Gasteiger partial charge >= 0.3 is 0 Å². The predicted octanol–water partition coefficient (Wildman–Crippen LogP) is 2.64. The van der Waals surface area contributed by atoms with Gasteiger partial charge in [-0.15, -0.1) is 0 Å². The number of rotatable bonds is 4. The van der Waals surface area contributed by atoms with Gasteiger partial charge in [0.25, 0.3) is 5.91 Å². The second-order valence-electron chi connectivity index (χ2n) is 5.82. The Balaban J connectivity index is 1.64. The molecule has 2 aliphatic heterocycles. The van der Waals surface area contributed by atoms with Crippen LogP contribution in [-0.2, 0) is 0 Å². The fourth-order valence-corrected chi connectivity index (χ4v) is 3.60. The molecule has 1 fully saturated rings. The summed E-state index contributed by atoms with van der Waals surface area (Å²) in [6.45, 7) is 2.93. The standard InChI is InChI=1S/C16H21BrN2O3/c1-18-5-2-11-3-6-19(7-4-11)16(20)12-8-13(17)15-14(9-12)21-10-22-15/h8-9,11,18H,2-7,10H2,1H3. The summed E-state index contributed by atoms with van der Waals surface area (Å²) in [5.41, 5.74) is 0.657. The lowest BCUT2D eigenvalue weighted by atomic mass is 9.93. The van der Waals surface area contributed by atoms with E-state index in [4.69, 9.17) is 9.47 Å². The van der Waals surface area contributed by atoms with Gasteiger partial charge in [-0.3, -0.25) is 4.79 Å². The van der Waals surface area contributed by atoms with Crippen molar-refractivity contribution in [1.29, 1.82) is 0 Å². The zero-order valence-corrected chi connectivity index (χ0v) is 14.3. The van der Waals surface area contributed by atoms with Crippen molar-refractivity contribution in [2.45, 2.75) is 19.3 Å². The Morgan fingerprint density at radius 3 is 2.86 bits per heavy atom. The first-order valence-electron chi connectivity index (χ1n) is 7.72. The number of piperidine rings is 1. The second kappa shape index (κ2) is 6.87. The molecule has 1 amide bonds. The zero-order valence-electron chi connectivity index (χ0n) is 12.7. The van der Waals surface area contributed by atoms with E-state index in [1.807, 2.05) is 18.0 Å². The summed E-state index contributed by atoms with van der Waals surface area (Å²) in [5, 5.41) is 3.19. The van der Waals surface area contributed by atoms with E-state index in [1.54, 1.807) is 6.07 Å². The van der Waals surface area contributed by atoms with Crippen molar-refractivity contribution >= 4 is 21.8 Å². The molecule has 0 aromatic heterocycles. The maximum absolute atomic E-state index is 12.7. The molecule has 3 rings (SSSR count). The van der Waals surface area contributed by atoms with Crippen molar-refractivity contribution in [2.24, 2.45) is 5.92 Å². The van der Waals surface area contributed by atoms with Gasteiger partial charge in [0.15, 0.2) is 11.5 Å². The maximum Gasteiger partial charge on any atom is 0.254 e. The predicted molar refractivity (Wildman–Crippen MR) is 87.4 cm³/mol. The molecule has 1 saturated heterocycles. The highest BCUT2D eigenvalue weighted by Crippen LogP contribution is 2.40. The fraction of sp³-hybridized carbons (Fsp3) is 0.562. The number of carbonyl (C=O) groups excluding carboxylic acids is 1. The van der Waals surface area contributed by atoms with Crippen molar-refractivity contribution in [3.05, 3.63) is 22.2 Å². The Kier molecular flexibility index (Phi) is 4.88. The van der Waals surface area contributed by atoms with Crippen LogP contribution in [0.4, 0.5) is 0 Å². The van der Waals surface area contributed by atoms with Gasteiger partial charge < -0.3 is 19.7 Å². The minimum Gasteiger partial charge on any atom is -0.454 e. The molecule has 22 heavy (non-hydrogen) atoms. The van der Waals surface area contributed by atoms with Gasteiger partial charge in [0.2, 0.25) is 6.79 Å². The lowest BCUT2D eigenvalue weighted by Gasteiger charge is -2.32. The number of nitrogens with one attached hydrogen (secondary N) is 1. The van der Waals surface area contributed by atoms with Crippen LogP contribution in [0.5, 0.6) is 11.5 Å². The van der Waals surface area contributed by atoms with Gasteiger partial charge in [0.1, 0.15) is 0 Å². The number of amides is 1. The molecule has 6 heteroatoms. The lowest BCUT2D eigenvalue weighted by molar-refractivity contribution is 0.0686. The summed E-state index contributed by atoms with van der Waals surface area (Å²) >= 11 is 3.45. The van der Waals surface area contributed by atoms with E-state index in [0.29, 0.717) is 17.1 Å². The zero-order chi connectivity index (χ0) is 15.5. The molecule has 0 unspecified atom stereocenters. The fourth-order valence-electron chi connectivity index (χ4n) is 3.05. The number of hydrogen-bond acceptors (Lipinski definition) is 4. The van der Waals surface area contributed by atoms with Gasteiger partial charge in [0.05, 0.1) is 4.47 Å². The Hall–Kier alpha value is -1.27. The van der Waals surface area contributed by atoms with Crippen molar-refractivity contribution in [3.63, 3.8) is 0 Å². The number of carbonyl (C=O) groups is 1. The molecular weight excluding hydrogens is 348 g/mol. The van der Waals surface area contributed by atoms with Gasteiger partial charge in [-0.2, -0.15) is 0 Å². The average Bonchev–Trinajstić information content (AvgIpc) is 3.02. The number of ether oxygens (including phenoxy) is 2. The first kappa shape index (κ1) is 15.6. The molecule has 0 aliphatic carbocycles. The molecule has 2 aliphatic rings. The monoisotopic (exact) mass is 368 g/mol. The van der Waals surface area contributed by atoms with E-state index < -0.39 is 0 Å². The van der Waals surface area contributed by atoms with Crippen molar-refractivity contribution in [3.8, 4) is 11.5 Å². The molecule has 1 aromatic carbocycles. The summed E-state index contributed by atoms with van der Waals surface area (Å²) in [4.78, 5) is 14.6. The number of halogens is 1. The SMILES string of the molecule is CNCCC1CCN(C(=O)c2cc(Br)c3c(c2)OCO3)CC1. The summed E-state index contributed by atoms with van der Waals surface area (Å²) in [5.74, 6) is 2.12. The van der Waals surface area contributed by atoms with E-state index in [1.165, 1.54) is 6.42 Å². The quantitative estimate of drug-likeness (QED) is 0.887. The molecule has 1 aromatic rings. The van der Waals surface area contributed by atoms with E-state index in [0.717, 1.165) is 42.9 Å². The highest BCUT2D eigenvalue weighted by molar-refractivity contribution is 9.10. The molecule has 0 bridgehead atoms. The van der Waals surface area contributed by atoms with Crippen LogP contribution in [0.25, 0.3) is 0 Å². The minimum absolute atomic E-state index is 0.0751. The van der Waals surface area contributed by atoms with Crippen LogP contribution in [0, 0.1) is 5.92 Å². The Morgan fingerprint density at radius 1 is 1.36 bits per heavy atom. The second-order valence-corrected chi connectivity index (χ2v) is 6.67. The smallest absolute Gasteiger partial charge is 0.254 e. The van der Waals surface area contributed by atoms with Crippen LogP contribution in [-0.4, -0.2) is 44.3 Å². The molecule has 0 atom stereocenters. The van der Waals surface area contributed by atoms with Crippen LogP contribution in [0.15, 0.2) is 16.6 Å². The topological polar surface area (TPSA) is 50.8 Å². The highest BCUT2D eigenvalue weighted by Gasteiger charge is 2.26. The number of fused-ring (bicyclic) bond motifs is 1. The molecule has 0 saturated carbocycles. The van der Waals surface area contributed by atoms with E-state index >= 15 is 0 Å². The largest absolute Gasteiger partial charge is 0.454 e. The van der Waals surface area contributed by atoms with E-state index in [9.17, 15) is 4.79 Å². The van der Waals surface area contributed by atoms with Gasteiger partial charge in [-0.05, 0) is 66.8 Å². The molecule has 5 nitrogen and oxygen atoms in total. The lowest BCUT2D eigenvalue weighted by Crippen LogP contribution is -2.39. The van der Waals surface area contributed by atoms with Gasteiger partial charge in [0, 0.05) is 18.7 Å². The van der Waals surface area contributed by atoms with Crippen LogP contribution < -0.4 is 14.8 Å². The summed E-state index contributed by atoms with van der Waals surface area (Å²) in [6, 6.07) is 3.60. The van der Waals surface area contributed by atoms with Crippen LogP contribution in [0.3, 0.4) is 0 Å². The Bertz CT molecular complexity index is 557. The maximum atomic E-state index is 12.7. The van der Waals surface area contributed by atoms with Crippen LogP contribution in [0.1, 0.15) is 29.6 Å². The normalized spacial score (nSPS) is 17.8. The third kappa shape index (κ3) is 3.22. The molecular formula is C16H21BrN2O3. The highest BCUT2D eigenvalue weighted by atomic mass is 79.9. The Morgan fingerprint density at radius 2 is 2.14 bits per heavy atom. The molecule has 0 spiro atoms. The van der Waals surface area contributed by atoms with Crippen molar-refractivity contribution in [1.82, 2.24) is 10.2 Å². The van der Waals surface area contributed by atoms with Gasteiger partial charge in [-0.25, -0.2) is 0 Å². The average molecular weight is 369 g/mol. The van der Waals surface area contributed by atoms with Crippen LogP contribution >= 0.6 is 15.9 Å². The third-order valence-corrected chi connectivity index (χ3v) is 4.97. The van der Waals surface area contributed by atoms with Crippen molar-refractivity contribution in [2.75, 3.05) is 33.5 Å². The third-order valence-electron chi connectivity index (χ3n) is 4.38. The molecule has 1 N–H and O–H groups in total. The first-order valence-corrected chi connectivity index (χ1v) is 8.51. The van der Waals surface area contributed by atoms with Crippen LogP contribution in [0.2, 0.25) is 0 Å². The Labute approximate surface area is 139 Å². The number of nitrogens with zero attached hydrogens (tertiary/aromatic N) is 1. The summed E-state index contributed by atoms with van der Waals surface area (Å²) < 4.78 is 11.5. The number of likely N-dealkylation sites (tertiary alicyclic amines) is 1. The minimum atomic E-state index is 0.0751. The first-order chi connectivity index (χ1) is 10.7. The summed E-state index contributed by atoms with van der Waals surface area (Å²) in [6.07, 6.45) is 3.35. The van der Waals surface area contributed by atoms with Gasteiger partial charge in [-0.1, -0.05) is 0 Å². The van der Waals surface area contributed by atoms with E-state index in [-0.39, 0.29) is 12.7 Å². The molecule has 2 heterocycles. The molecule has 0 radical (unpaired) electrons. The summed E-state index contributed by atoms with van der Waals surface area (Å²) in [7, 11) is 1.98. The molecule has 120 valence electrons. The number of benzene rings is 1.